The Morgan fingerprint density at radius 2 is 1.77 bits per heavy atom. The van der Waals surface area contributed by atoms with Gasteiger partial charge in [-0.2, -0.15) is 0 Å². The van der Waals surface area contributed by atoms with Gasteiger partial charge in [-0.1, -0.05) is 37.1 Å². The third-order valence-corrected chi connectivity index (χ3v) is 8.55. The Morgan fingerprint density at radius 3 is 2.55 bits per heavy atom. The van der Waals surface area contributed by atoms with E-state index in [4.69, 9.17) is 14.1 Å². The van der Waals surface area contributed by atoms with Crippen LogP contribution in [0.5, 0.6) is 0 Å². The van der Waals surface area contributed by atoms with Crippen molar-refractivity contribution in [3.63, 3.8) is 0 Å². The molecule has 1 N–H and O–H groups in total. The van der Waals surface area contributed by atoms with Crippen LogP contribution < -0.4 is 5.32 Å². The van der Waals surface area contributed by atoms with E-state index in [1.807, 2.05) is 56.3 Å². The van der Waals surface area contributed by atoms with Gasteiger partial charge in [0.1, 0.15) is 16.5 Å². The van der Waals surface area contributed by atoms with Gasteiger partial charge in [0.05, 0.1) is 23.9 Å². The Bertz CT molecular complexity index is 1550. The van der Waals surface area contributed by atoms with Gasteiger partial charge in [-0.3, -0.25) is 4.79 Å². The predicted molar refractivity (Wildman–Crippen MR) is 161 cm³/mol. The van der Waals surface area contributed by atoms with E-state index in [1.165, 1.54) is 17.7 Å². The molecule has 0 fully saturated rings. The molecule has 2 aromatic carbocycles. The molecule has 0 aliphatic heterocycles. The summed E-state index contributed by atoms with van der Waals surface area (Å²) < 4.78 is 11.1. The molecule has 5 rings (SSSR count). The largest absolute Gasteiger partial charge is 0.462 e. The molecule has 2 aromatic heterocycles. The quantitative estimate of drug-likeness (QED) is 0.184. The molecule has 7 heteroatoms. The van der Waals surface area contributed by atoms with E-state index in [0.29, 0.717) is 34.3 Å². The summed E-state index contributed by atoms with van der Waals surface area (Å²) in [5.41, 5.74) is 6.20. The smallest absolute Gasteiger partial charge is 0.338 e. The van der Waals surface area contributed by atoms with Crippen molar-refractivity contribution >= 4 is 40.1 Å². The number of aryl methyl sites for hydroxylation is 2. The number of amides is 1. The molecular weight excluding hydrogens is 520 g/mol. The number of carbonyl (C=O) groups excluding carboxylic acids is 2. The summed E-state index contributed by atoms with van der Waals surface area (Å²) in [5, 5.41) is 3.88. The number of furan rings is 1. The van der Waals surface area contributed by atoms with Crippen molar-refractivity contribution in [1.82, 2.24) is 0 Å². The minimum atomic E-state index is -0.344. The first kappa shape index (κ1) is 27.6. The molecule has 2 heterocycles. The molecule has 1 aliphatic carbocycles. The number of ether oxygens (including phenoxy) is 1. The first-order chi connectivity index (χ1) is 19.4. The number of hydrogen-bond acceptors (Lipinski definition) is 6. The zero-order valence-electron chi connectivity index (χ0n) is 23.2. The van der Waals surface area contributed by atoms with Crippen molar-refractivity contribution in [1.29, 1.82) is 0 Å². The van der Waals surface area contributed by atoms with E-state index in [2.05, 4.69) is 5.32 Å². The van der Waals surface area contributed by atoms with Gasteiger partial charge in [-0.25, -0.2) is 9.79 Å². The molecule has 0 spiro atoms. The molecule has 0 saturated carbocycles. The van der Waals surface area contributed by atoms with E-state index >= 15 is 0 Å². The number of nitrogens with one attached hydrogen (secondary N) is 1. The van der Waals surface area contributed by atoms with E-state index in [1.54, 1.807) is 36.6 Å². The molecule has 4 aromatic rings. The van der Waals surface area contributed by atoms with Crippen molar-refractivity contribution in [2.24, 2.45) is 4.99 Å². The lowest BCUT2D eigenvalue weighted by molar-refractivity contribution is 0.0526. The maximum absolute atomic E-state index is 13.7. The Morgan fingerprint density at radius 1 is 1.00 bits per heavy atom. The van der Waals surface area contributed by atoms with Gasteiger partial charge in [-0.05, 0) is 93.5 Å². The summed E-state index contributed by atoms with van der Waals surface area (Å²) in [7, 11) is 0. The lowest BCUT2D eigenvalue weighted by Crippen LogP contribution is -2.15. The molecule has 6 nitrogen and oxygen atoms in total. The number of nitrogens with zero attached hydrogens (tertiary/aromatic N) is 1. The summed E-state index contributed by atoms with van der Waals surface area (Å²) >= 11 is 1.62. The molecule has 0 bridgehead atoms. The highest BCUT2D eigenvalue weighted by atomic mass is 32.1. The maximum Gasteiger partial charge on any atom is 0.338 e. The van der Waals surface area contributed by atoms with Gasteiger partial charge in [0, 0.05) is 16.1 Å². The summed E-state index contributed by atoms with van der Waals surface area (Å²) in [4.78, 5) is 31.7. The van der Waals surface area contributed by atoms with Gasteiger partial charge in [0.25, 0.3) is 5.91 Å². The maximum atomic E-state index is 13.7. The van der Waals surface area contributed by atoms with E-state index in [9.17, 15) is 9.59 Å². The second kappa shape index (κ2) is 12.5. The number of benzene rings is 2. The number of thiophene rings is 1. The minimum Gasteiger partial charge on any atom is -0.462 e. The molecule has 0 atom stereocenters. The standard InChI is InChI=1S/C33H34N2O4S/c1-4-38-33(37)24-16-14-23(15-17-24)28-19-18-25(39-28)20-34-32-30(26-11-7-5-6-8-13-29(26)40-32)31(36)35-27-12-9-10-21(2)22(27)3/h9-10,12,14-20H,4-8,11,13H2,1-3H3,(H,35,36). The van der Waals surface area contributed by atoms with Crippen LogP contribution in [0.2, 0.25) is 0 Å². The Labute approximate surface area is 239 Å². The molecular formula is C33H34N2O4S. The van der Waals surface area contributed by atoms with Crippen LogP contribution in [0.15, 0.2) is 64.0 Å². The van der Waals surface area contributed by atoms with Gasteiger partial charge < -0.3 is 14.5 Å². The second-order valence-corrected chi connectivity index (χ2v) is 11.1. The van der Waals surface area contributed by atoms with Crippen LogP contribution in [-0.2, 0) is 17.6 Å². The highest BCUT2D eigenvalue weighted by molar-refractivity contribution is 7.16. The summed E-state index contributed by atoms with van der Waals surface area (Å²) in [6.07, 6.45) is 8.16. The number of hydrogen-bond donors (Lipinski definition) is 1. The summed E-state index contributed by atoms with van der Waals surface area (Å²) in [6, 6.07) is 16.8. The third-order valence-electron chi connectivity index (χ3n) is 7.35. The lowest BCUT2D eigenvalue weighted by atomic mass is 9.96. The van der Waals surface area contributed by atoms with E-state index in [0.717, 1.165) is 53.6 Å². The molecule has 40 heavy (non-hydrogen) atoms. The zero-order valence-corrected chi connectivity index (χ0v) is 24.0. The first-order valence-electron chi connectivity index (χ1n) is 13.9. The van der Waals surface area contributed by atoms with Crippen LogP contribution in [0.4, 0.5) is 10.7 Å². The van der Waals surface area contributed by atoms with Crippen molar-refractivity contribution in [2.75, 3.05) is 11.9 Å². The highest BCUT2D eigenvalue weighted by Crippen LogP contribution is 2.39. The summed E-state index contributed by atoms with van der Waals surface area (Å²) in [6.45, 7) is 6.20. The van der Waals surface area contributed by atoms with Crippen LogP contribution >= 0.6 is 11.3 Å². The minimum absolute atomic E-state index is 0.110. The van der Waals surface area contributed by atoms with Crippen molar-refractivity contribution in [3.8, 4) is 11.3 Å². The number of esters is 1. The highest BCUT2D eigenvalue weighted by Gasteiger charge is 2.24. The van der Waals surface area contributed by atoms with Crippen LogP contribution in [0, 0.1) is 13.8 Å². The fourth-order valence-electron chi connectivity index (χ4n) is 4.99. The van der Waals surface area contributed by atoms with Gasteiger partial charge in [-0.15, -0.1) is 11.3 Å². The van der Waals surface area contributed by atoms with Crippen molar-refractivity contribution in [3.05, 3.63) is 93.1 Å². The third kappa shape index (κ3) is 6.10. The average Bonchev–Trinajstić information content (AvgIpc) is 3.55. The molecule has 1 aliphatic rings. The number of aliphatic imine (C=N–C) groups is 1. The summed E-state index contributed by atoms with van der Waals surface area (Å²) in [5.74, 6) is 0.805. The van der Waals surface area contributed by atoms with Crippen molar-refractivity contribution in [2.45, 2.75) is 59.3 Å². The monoisotopic (exact) mass is 554 g/mol. The number of rotatable bonds is 7. The van der Waals surface area contributed by atoms with Crippen LogP contribution in [0.1, 0.15) is 80.7 Å². The fourth-order valence-corrected chi connectivity index (χ4v) is 6.22. The average molecular weight is 555 g/mol. The van der Waals surface area contributed by atoms with E-state index in [-0.39, 0.29) is 11.9 Å². The molecule has 0 unspecified atom stereocenters. The Hall–Kier alpha value is -3.97. The molecule has 0 saturated heterocycles. The second-order valence-electron chi connectivity index (χ2n) is 10.1. The van der Waals surface area contributed by atoms with Crippen molar-refractivity contribution < 1.29 is 18.7 Å². The first-order valence-corrected chi connectivity index (χ1v) is 14.7. The van der Waals surface area contributed by atoms with Gasteiger partial charge in [0.2, 0.25) is 0 Å². The number of anilines is 1. The Balaban J connectivity index is 1.42. The molecule has 1 amide bonds. The Kier molecular flexibility index (Phi) is 8.60. The topological polar surface area (TPSA) is 80.9 Å². The number of fused-ring (bicyclic) bond motifs is 1. The van der Waals surface area contributed by atoms with Crippen LogP contribution in [0.3, 0.4) is 0 Å². The van der Waals surface area contributed by atoms with Crippen LogP contribution in [-0.4, -0.2) is 24.7 Å². The van der Waals surface area contributed by atoms with Crippen LogP contribution in [0.25, 0.3) is 11.3 Å². The number of carbonyl (C=O) groups is 2. The van der Waals surface area contributed by atoms with E-state index < -0.39 is 0 Å². The lowest BCUT2D eigenvalue weighted by Gasteiger charge is -2.13. The fraction of sp³-hybridized carbons (Fsp3) is 0.303. The molecule has 206 valence electrons. The zero-order chi connectivity index (χ0) is 28.1. The van der Waals surface area contributed by atoms with Gasteiger partial charge >= 0.3 is 5.97 Å². The predicted octanol–water partition coefficient (Wildman–Crippen LogP) is 8.46. The molecule has 0 radical (unpaired) electrons. The SMILES string of the molecule is CCOC(=O)c1ccc(-c2ccc(C=Nc3sc4c(c3C(=O)Nc3cccc(C)c3C)CCCCCC4)o2)cc1. The van der Waals surface area contributed by atoms with Gasteiger partial charge in [0.15, 0.2) is 0 Å². The normalized spacial score (nSPS) is 13.5.